The third-order valence-corrected chi connectivity index (χ3v) is 7.05. The first-order chi connectivity index (χ1) is 9.67. The minimum atomic E-state index is 0.397. The van der Waals surface area contributed by atoms with Gasteiger partial charge in [0, 0.05) is 17.8 Å². The van der Waals surface area contributed by atoms with Gasteiger partial charge in [-0.15, -0.1) is 0 Å². The van der Waals surface area contributed by atoms with Crippen molar-refractivity contribution in [1.82, 2.24) is 5.32 Å². The van der Waals surface area contributed by atoms with E-state index in [1.807, 2.05) is 11.8 Å². The molecule has 1 aliphatic heterocycles. The normalized spacial score (nSPS) is 43.9. The molecule has 0 radical (unpaired) electrons. The van der Waals surface area contributed by atoms with E-state index >= 15 is 0 Å². The van der Waals surface area contributed by atoms with Crippen molar-refractivity contribution in [1.29, 1.82) is 0 Å². The summed E-state index contributed by atoms with van der Waals surface area (Å²) in [5.41, 5.74) is 0.397. The van der Waals surface area contributed by atoms with E-state index in [-0.39, 0.29) is 0 Å². The zero-order valence-electron chi connectivity index (χ0n) is 13.2. The van der Waals surface area contributed by atoms with Crippen LogP contribution in [0.1, 0.15) is 65.2 Å². The van der Waals surface area contributed by atoms with Crippen molar-refractivity contribution in [2.75, 3.05) is 12.3 Å². The molecule has 1 saturated heterocycles. The summed E-state index contributed by atoms with van der Waals surface area (Å²) in [6, 6.07) is 0. The number of rotatable bonds is 2. The summed E-state index contributed by atoms with van der Waals surface area (Å²) in [7, 11) is 0. The van der Waals surface area contributed by atoms with Crippen molar-refractivity contribution in [3.8, 4) is 0 Å². The number of nitrogens with zero attached hydrogens (tertiary/aromatic N) is 1. The zero-order chi connectivity index (χ0) is 14.0. The molecule has 0 bridgehead atoms. The Balaban J connectivity index is 1.53. The van der Waals surface area contributed by atoms with Crippen molar-refractivity contribution in [2.45, 2.75) is 70.8 Å². The van der Waals surface area contributed by atoms with Crippen molar-refractivity contribution in [2.24, 2.45) is 22.7 Å². The van der Waals surface area contributed by atoms with Gasteiger partial charge in [0.15, 0.2) is 5.17 Å². The van der Waals surface area contributed by atoms with Gasteiger partial charge in [0.1, 0.15) is 0 Å². The number of nitrogens with one attached hydrogen (secondary N) is 1. The first-order valence-corrected chi connectivity index (χ1v) is 9.61. The fourth-order valence-corrected chi connectivity index (χ4v) is 5.27. The van der Waals surface area contributed by atoms with Gasteiger partial charge in [-0.2, -0.15) is 0 Å². The Morgan fingerprint density at radius 2 is 1.90 bits per heavy atom. The van der Waals surface area contributed by atoms with E-state index in [1.54, 1.807) is 0 Å². The highest BCUT2D eigenvalue weighted by molar-refractivity contribution is 8.14. The van der Waals surface area contributed by atoms with Gasteiger partial charge in [0.05, 0.1) is 0 Å². The molecule has 0 amide bonds. The Bertz CT molecular complexity index is 358. The van der Waals surface area contributed by atoms with Crippen LogP contribution in [0.3, 0.4) is 0 Å². The molecule has 20 heavy (non-hydrogen) atoms. The lowest BCUT2D eigenvalue weighted by Crippen LogP contribution is -2.46. The number of thioether (sulfide) groups is 1. The monoisotopic (exact) mass is 294 g/mol. The predicted molar refractivity (Wildman–Crippen MR) is 89.4 cm³/mol. The maximum absolute atomic E-state index is 4.93. The van der Waals surface area contributed by atoms with Crippen LogP contribution in [0.25, 0.3) is 0 Å². The average molecular weight is 295 g/mol. The summed E-state index contributed by atoms with van der Waals surface area (Å²) >= 11 is 1.98. The van der Waals surface area contributed by atoms with Crippen LogP contribution in [-0.4, -0.2) is 23.0 Å². The van der Waals surface area contributed by atoms with Gasteiger partial charge >= 0.3 is 0 Å². The number of amidine groups is 1. The van der Waals surface area contributed by atoms with Crippen LogP contribution in [0.5, 0.6) is 0 Å². The van der Waals surface area contributed by atoms with Gasteiger partial charge in [0.25, 0.3) is 0 Å². The highest BCUT2D eigenvalue weighted by Crippen LogP contribution is 2.38. The van der Waals surface area contributed by atoms with E-state index in [0.29, 0.717) is 5.54 Å². The van der Waals surface area contributed by atoms with Crippen LogP contribution in [0, 0.1) is 17.8 Å². The molecule has 3 rings (SSSR count). The summed E-state index contributed by atoms with van der Waals surface area (Å²) in [4.78, 5) is 4.93. The first-order valence-electron chi connectivity index (χ1n) is 8.62. The lowest BCUT2D eigenvalue weighted by atomic mass is 9.78. The Hall–Kier alpha value is -0.180. The summed E-state index contributed by atoms with van der Waals surface area (Å²) in [5.74, 6) is 3.89. The largest absolute Gasteiger partial charge is 0.359 e. The smallest absolute Gasteiger partial charge is 0.157 e. The third kappa shape index (κ3) is 3.35. The van der Waals surface area contributed by atoms with Crippen LogP contribution < -0.4 is 5.32 Å². The minimum absolute atomic E-state index is 0.397. The van der Waals surface area contributed by atoms with Gasteiger partial charge in [-0.25, -0.2) is 0 Å². The summed E-state index contributed by atoms with van der Waals surface area (Å²) < 4.78 is 0. The number of hydrogen-bond donors (Lipinski definition) is 1. The SMILES string of the molecule is CC1CCC2(CC1)CSC(=NCC1CCCCC1C)N2. The molecule has 0 aromatic carbocycles. The van der Waals surface area contributed by atoms with Crippen LogP contribution in [0.15, 0.2) is 4.99 Å². The lowest BCUT2D eigenvalue weighted by Gasteiger charge is -2.35. The maximum atomic E-state index is 4.93. The molecule has 2 nitrogen and oxygen atoms in total. The molecule has 2 aliphatic carbocycles. The quantitative estimate of drug-likeness (QED) is 0.813. The van der Waals surface area contributed by atoms with Gasteiger partial charge in [-0.3, -0.25) is 4.99 Å². The molecule has 1 spiro atoms. The molecule has 2 atom stereocenters. The van der Waals surface area contributed by atoms with Crippen LogP contribution >= 0.6 is 11.8 Å². The van der Waals surface area contributed by atoms with Crippen LogP contribution in [-0.2, 0) is 0 Å². The molecular formula is C17H30N2S. The molecular weight excluding hydrogens is 264 g/mol. The number of aliphatic imine (C=N–C) groups is 1. The van der Waals surface area contributed by atoms with E-state index in [1.165, 1.54) is 62.3 Å². The molecule has 2 unspecified atom stereocenters. The van der Waals surface area contributed by atoms with Gasteiger partial charge in [-0.05, 0) is 49.9 Å². The predicted octanol–water partition coefficient (Wildman–Crippen LogP) is 4.45. The lowest BCUT2D eigenvalue weighted by molar-refractivity contribution is 0.249. The van der Waals surface area contributed by atoms with Gasteiger partial charge in [-0.1, -0.05) is 44.9 Å². The third-order valence-electron chi connectivity index (χ3n) is 5.85. The van der Waals surface area contributed by atoms with Crippen molar-refractivity contribution in [3.63, 3.8) is 0 Å². The molecule has 3 aliphatic rings. The highest BCUT2D eigenvalue weighted by atomic mass is 32.2. The van der Waals surface area contributed by atoms with Crippen LogP contribution in [0.4, 0.5) is 0 Å². The Morgan fingerprint density at radius 3 is 2.65 bits per heavy atom. The summed E-state index contributed by atoms with van der Waals surface area (Å²) in [5, 5.41) is 5.04. The molecule has 114 valence electrons. The molecule has 1 heterocycles. The Kier molecular flexibility index (Phi) is 4.64. The first kappa shape index (κ1) is 14.7. The molecule has 0 aromatic rings. The zero-order valence-corrected chi connectivity index (χ0v) is 14.0. The summed E-state index contributed by atoms with van der Waals surface area (Å²) in [6.07, 6.45) is 11.1. The van der Waals surface area contributed by atoms with E-state index in [4.69, 9.17) is 4.99 Å². The summed E-state index contributed by atoms with van der Waals surface area (Å²) in [6.45, 7) is 5.88. The maximum Gasteiger partial charge on any atom is 0.157 e. The topological polar surface area (TPSA) is 24.4 Å². The van der Waals surface area contributed by atoms with E-state index in [2.05, 4.69) is 19.2 Å². The van der Waals surface area contributed by atoms with Crippen LogP contribution in [0.2, 0.25) is 0 Å². The molecule has 1 N–H and O–H groups in total. The number of hydrogen-bond acceptors (Lipinski definition) is 2. The van der Waals surface area contributed by atoms with E-state index in [9.17, 15) is 0 Å². The van der Waals surface area contributed by atoms with Crippen molar-refractivity contribution >= 4 is 16.9 Å². The van der Waals surface area contributed by atoms with Gasteiger partial charge < -0.3 is 5.32 Å². The molecule has 2 saturated carbocycles. The fraction of sp³-hybridized carbons (Fsp3) is 0.941. The minimum Gasteiger partial charge on any atom is -0.359 e. The second-order valence-electron chi connectivity index (χ2n) is 7.54. The Morgan fingerprint density at radius 1 is 1.15 bits per heavy atom. The van der Waals surface area contributed by atoms with Gasteiger partial charge in [0.2, 0.25) is 0 Å². The van der Waals surface area contributed by atoms with Crippen molar-refractivity contribution in [3.05, 3.63) is 0 Å². The highest BCUT2D eigenvalue weighted by Gasteiger charge is 2.39. The second-order valence-corrected chi connectivity index (χ2v) is 8.51. The van der Waals surface area contributed by atoms with E-state index in [0.717, 1.165) is 24.3 Å². The Labute approximate surface area is 128 Å². The van der Waals surface area contributed by atoms with Crippen molar-refractivity contribution < 1.29 is 0 Å². The average Bonchev–Trinajstić information content (AvgIpc) is 2.85. The molecule has 0 aromatic heterocycles. The molecule has 3 heteroatoms. The van der Waals surface area contributed by atoms with E-state index < -0.39 is 0 Å². The standard InChI is InChI=1S/C17H30N2S/c1-13-7-9-17(10-8-13)12-20-16(19-17)18-11-15-6-4-3-5-14(15)2/h13-15H,3-12H2,1-2H3,(H,18,19). The second kappa shape index (κ2) is 6.29. The fourth-order valence-electron chi connectivity index (χ4n) is 4.04. The molecule has 3 fully saturated rings.